The molecular weight excluding hydrogens is 408 g/mol. The molecule has 7 heteroatoms. The zero-order chi connectivity index (χ0) is 21.5. The van der Waals surface area contributed by atoms with E-state index in [2.05, 4.69) is 57.3 Å². The van der Waals surface area contributed by atoms with E-state index in [9.17, 15) is 4.79 Å². The van der Waals surface area contributed by atoms with Crippen LogP contribution in [0, 0.1) is 11.8 Å². The second kappa shape index (κ2) is 10.3. The fourth-order valence-corrected chi connectivity index (χ4v) is 4.54. The van der Waals surface area contributed by atoms with E-state index in [1.165, 1.54) is 10.1 Å². The van der Waals surface area contributed by atoms with E-state index in [0.29, 0.717) is 0 Å². The molecule has 4 rings (SSSR count). The van der Waals surface area contributed by atoms with Crippen molar-refractivity contribution in [3.05, 3.63) is 54.1 Å². The maximum atomic E-state index is 12.0. The van der Waals surface area contributed by atoms with Crippen LogP contribution in [0.25, 0.3) is 10.1 Å². The first-order chi connectivity index (χ1) is 15.2. The molecule has 1 aromatic heterocycles. The van der Waals surface area contributed by atoms with Crippen LogP contribution in [0.2, 0.25) is 0 Å². The number of amides is 1. The molecule has 1 aliphatic heterocycles. The third kappa shape index (κ3) is 5.35. The molecule has 1 saturated heterocycles. The zero-order valence-electron chi connectivity index (χ0n) is 17.6. The van der Waals surface area contributed by atoms with Crippen LogP contribution in [0.15, 0.2) is 48.5 Å². The monoisotopic (exact) mass is 434 g/mol. The van der Waals surface area contributed by atoms with E-state index < -0.39 is 6.09 Å². The van der Waals surface area contributed by atoms with Crippen molar-refractivity contribution < 1.29 is 9.53 Å². The van der Waals surface area contributed by atoms with Crippen LogP contribution in [-0.2, 0) is 11.2 Å². The summed E-state index contributed by atoms with van der Waals surface area (Å²) in [5.41, 5.74) is 1.90. The Kier molecular flexibility index (Phi) is 7.03. The molecule has 1 aliphatic rings. The minimum atomic E-state index is -0.473. The Morgan fingerprint density at radius 1 is 1.13 bits per heavy atom. The molecule has 0 spiro atoms. The number of fused-ring (bicyclic) bond motifs is 1. The van der Waals surface area contributed by atoms with Crippen LogP contribution >= 0.6 is 11.5 Å². The van der Waals surface area contributed by atoms with Gasteiger partial charge in [0.2, 0.25) is 0 Å². The lowest BCUT2D eigenvalue weighted by Crippen LogP contribution is -2.47. The average molecular weight is 435 g/mol. The number of carbonyl (C=O) groups excluding carboxylic acids is 1. The van der Waals surface area contributed by atoms with E-state index in [0.717, 1.165) is 56.2 Å². The lowest BCUT2D eigenvalue weighted by atomic mass is 10.1. The summed E-state index contributed by atoms with van der Waals surface area (Å²) in [6.07, 6.45) is 0.393. The number of rotatable bonds is 6. The Labute approximate surface area is 187 Å². The molecule has 0 radical (unpaired) electrons. The molecule has 0 bridgehead atoms. The van der Waals surface area contributed by atoms with Crippen molar-refractivity contribution in [2.24, 2.45) is 0 Å². The van der Waals surface area contributed by atoms with Gasteiger partial charge in [-0.3, -0.25) is 10.2 Å². The van der Waals surface area contributed by atoms with Gasteiger partial charge in [-0.15, -0.1) is 5.92 Å². The Bertz CT molecular complexity index is 1090. The van der Waals surface area contributed by atoms with Crippen molar-refractivity contribution in [1.82, 2.24) is 9.27 Å². The molecule has 1 N–H and O–H groups in total. The van der Waals surface area contributed by atoms with Crippen molar-refractivity contribution in [2.45, 2.75) is 13.3 Å². The first-order valence-electron chi connectivity index (χ1n) is 10.5. The van der Waals surface area contributed by atoms with Gasteiger partial charge in [0, 0.05) is 43.8 Å². The van der Waals surface area contributed by atoms with Crippen LogP contribution < -0.4 is 10.2 Å². The number of hydrogen-bond acceptors (Lipinski definition) is 6. The smallest absolute Gasteiger partial charge is 0.412 e. The van der Waals surface area contributed by atoms with E-state index in [-0.39, 0.29) is 6.61 Å². The normalized spacial score (nSPS) is 14.2. The van der Waals surface area contributed by atoms with Gasteiger partial charge in [-0.25, -0.2) is 4.79 Å². The minimum absolute atomic E-state index is 0.100. The number of anilines is 2. The van der Waals surface area contributed by atoms with Crippen LogP contribution in [0.5, 0.6) is 0 Å². The minimum Gasteiger partial charge on any atom is -0.436 e. The molecule has 31 heavy (non-hydrogen) atoms. The average Bonchev–Trinajstić information content (AvgIpc) is 3.23. The molecule has 160 valence electrons. The van der Waals surface area contributed by atoms with Gasteiger partial charge in [-0.2, -0.15) is 4.37 Å². The van der Waals surface area contributed by atoms with Crippen molar-refractivity contribution in [1.29, 1.82) is 0 Å². The molecule has 0 aliphatic carbocycles. The van der Waals surface area contributed by atoms with Gasteiger partial charge in [0.15, 0.2) is 6.61 Å². The number of nitrogens with zero attached hydrogens (tertiary/aromatic N) is 3. The van der Waals surface area contributed by atoms with Crippen LogP contribution in [0.4, 0.5) is 16.3 Å². The first-order valence-corrected chi connectivity index (χ1v) is 11.2. The molecule has 0 atom stereocenters. The molecule has 6 nitrogen and oxygen atoms in total. The van der Waals surface area contributed by atoms with Gasteiger partial charge in [0.25, 0.3) is 0 Å². The number of piperazine rings is 1. The highest BCUT2D eigenvalue weighted by atomic mass is 32.1. The van der Waals surface area contributed by atoms with Gasteiger partial charge in [-0.1, -0.05) is 36.3 Å². The van der Waals surface area contributed by atoms with Gasteiger partial charge in [0.1, 0.15) is 5.82 Å². The fraction of sp³-hybridized carbons (Fsp3) is 0.333. The number of ether oxygens (including phenoxy) is 1. The molecule has 1 fully saturated rings. The van der Waals surface area contributed by atoms with Crippen LogP contribution in [0.3, 0.4) is 0 Å². The number of para-hydroxylation sites is 1. The lowest BCUT2D eigenvalue weighted by molar-refractivity contribution is 0.176. The number of nitrogens with one attached hydrogen (secondary N) is 1. The topological polar surface area (TPSA) is 57.7 Å². The summed E-state index contributed by atoms with van der Waals surface area (Å²) in [6, 6.07) is 16.3. The van der Waals surface area contributed by atoms with Crippen LogP contribution in [0.1, 0.15) is 12.5 Å². The van der Waals surface area contributed by atoms with Crippen molar-refractivity contribution >= 4 is 39.2 Å². The predicted octanol–water partition coefficient (Wildman–Crippen LogP) is 4.23. The summed E-state index contributed by atoms with van der Waals surface area (Å²) in [7, 11) is 0. The molecule has 0 unspecified atom stereocenters. The van der Waals surface area contributed by atoms with E-state index in [1.807, 2.05) is 18.2 Å². The summed E-state index contributed by atoms with van der Waals surface area (Å²) in [4.78, 5) is 16.8. The highest BCUT2D eigenvalue weighted by molar-refractivity contribution is 7.13. The van der Waals surface area contributed by atoms with Gasteiger partial charge in [-0.05, 0) is 48.6 Å². The number of benzene rings is 2. The predicted molar refractivity (Wildman–Crippen MR) is 127 cm³/mol. The summed E-state index contributed by atoms with van der Waals surface area (Å²) >= 11 is 1.57. The molecule has 2 aromatic carbocycles. The summed E-state index contributed by atoms with van der Waals surface area (Å²) in [5.74, 6) is 6.54. The third-order valence-electron chi connectivity index (χ3n) is 5.43. The summed E-state index contributed by atoms with van der Waals surface area (Å²) in [5, 5.41) is 4.08. The van der Waals surface area contributed by atoms with E-state index in [4.69, 9.17) is 9.11 Å². The van der Waals surface area contributed by atoms with Crippen LogP contribution in [-0.4, -0.2) is 54.7 Å². The Balaban J connectivity index is 1.30. The van der Waals surface area contributed by atoms with Crippen molar-refractivity contribution in [3.8, 4) is 11.8 Å². The maximum Gasteiger partial charge on any atom is 0.412 e. The van der Waals surface area contributed by atoms with Crippen molar-refractivity contribution in [2.75, 3.05) is 49.5 Å². The zero-order valence-corrected chi connectivity index (χ0v) is 18.5. The molecule has 0 saturated carbocycles. The summed E-state index contributed by atoms with van der Waals surface area (Å²) < 4.78 is 11.0. The third-order valence-corrected chi connectivity index (χ3v) is 6.25. The Morgan fingerprint density at radius 3 is 2.74 bits per heavy atom. The second-order valence-corrected chi connectivity index (χ2v) is 8.17. The second-order valence-electron chi connectivity index (χ2n) is 7.37. The maximum absolute atomic E-state index is 12.0. The number of hydrogen-bond donors (Lipinski definition) is 1. The van der Waals surface area contributed by atoms with Gasteiger partial charge < -0.3 is 9.64 Å². The largest absolute Gasteiger partial charge is 0.436 e. The number of carbonyl (C=O) groups is 1. The molecule has 2 heterocycles. The number of aromatic nitrogens is 1. The Hall–Kier alpha value is -3.08. The van der Waals surface area contributed by atoms with Crippen molar-refractivity contribution in [3.63, 3.8) is 0 Å². The summed E-state index contributed by atoms with van der Waals surface area (Å²) in [6.45, 7) is 6.70. The van der Waals surface area contributed by atoms with E-state index in [1.54, 1.807) is 18.5 Å². The molecular formula is C24H26N4O2S. The van der Waals surface area contributed by atoms with E-state index >= 15 is 0 Å². The standard InChI is InChI=1S/C24H26N4O2S/c1-2-3-18-30-24(29)25-21-10-6-4-8-19(21)12-13-27-14-16-28(17-15-27)23-20-9-5-7-11-22(20)31-26-23/h4-11H,12-18H2,1H3,(H,25,29). The molecule has 1 amide bonds. The Morgan fingerprint density at radius 2 is 1.90 bits per heavy atom. The SMILES string of the molecule is CC#CCOC(=O)Nc1ccccc1CCN1CCN(c2nsc3ccccc23)CC1. The highest BCUT2D eigenvalue weighted by Gasteiger charge is 2.20. The van der Waals surface area contributed by atoms with Gasteiger partial charge in [0.05, 0.1) is 4.70 Å². The van der Waals surface area contributed by atoms with Gasteiger partial charge >= 0.3 is 6.09 Å². The fourth-order valence-electron chi connectivity index (χ4n) is 3.74. The first kappa shape index (κ1) is 21.2. The quantitative estimate of drug-likeness (QED) is 0.589. The highest BCUT2D eigenvalue weighted by Crippen LogP contribution is 2.29. The lowest BCUT2D eigenvalue weighted by Gasteiger charge is -2.35. The molecule has 3 aromatic rings.